The zero-order valence-corrected chi connectivity index (χ0v) is 17.6. The minimum absolute atomic E-state index is 0.0316. The van der Waals surface area contributed by atoms with Crippen molar-refractivity contribution < 1.29 is 14.6 Å². The monoisotopic (exact) mass is 397 g/mol. The molecular weight excluding hydrogens is 366 g/mol. The van der Waals surface area contributed by atoms with Crippen LogP contribution in [0.25, 0.3) is 11.0 Å². The number of rotatable bonds is 3. The van der Waals surface area contributed by atoms with Crippen molar-refractivity contribution in [2.75, 3.05) is 13.1 Å². The van der Waals surface area contributed by atoms with E-state index in [-0.39, 0.29) is 23.3 Å². The fourth-order valence-corrected chi connectivity index (χ4v) is 5.66. The van der Waals surface area contributed by atoms with Gasteiger partial charge in [-0.3, -0.25) is 4.79 Å². The molecule has 1 saturated heterocycles. The number of aromatic nitrogens is 2. The number of fused-ring (bicyclic) bond motifs is 1. The van der Waals surface area contributed by atoms with Gasteiger partial charge in [-0.2, -0.15) is 4.98 Å². The van der Waals surface area contributed by atoms with E-state index in [0.29, 0.717) is 18.7 Å². The predicted molar refractivity (Wildman–Crippen MR) is 111 cm³/mol. The van der Waals surface area contributed by atoms with E-state index in [1.165, 1.54) is 10.9 Å². The van der Waals surface area contributed by atoms with Crippen molar-refractivity contribution in [3.8, 4) is 5.88 Å². The Hall–Kier alpha value is -2.08. The SMILES string of the molecule is Cc1cn(C)c2nc(OC3CCC4(CC3)CN(C(=O)[C@H]3C[C@@](C)(O)C3)C4)ccc12. The molecule has 1 N–H and O–H groups in total. The molecule has 3 heterocycles. The number of amides is 1. The summed E-state index contributed by atoms with van der Waals surface area (Å²) in [7, 11) is 2.02. The van der Waals surface area contributed by atoms with Crippen LogP contribution in [-0.4, -0.2) is 50.3 Å². The summed E-state index contributed by atoms with van der Waals surface area (Å²) in [6.45, 7) is 5.68. The van der Waals surface area contributed by atoms with Crippen molar-refractivity contribution in [1.82, 2.24) is 14.5 Å². The highest BCUT2D eigenvalue weighted by atomic mass is 16.5. The number of ether oxygens (including phenoxy) is 1. The van der Waals surface area contributed by atoms with E-state index in [9.17, 15) is 9.90 Å². The number of likely N-dealkylation sites (tertiary alicyclic amines) is 1. The average molecular weight is 398 g/mol. The lowest BCUT2D eigenvalue weighted by molar-refractivity contribution is -0.164. The normalized spacial score (nSPS) is 29.0. The molecule has 0 radical (unpaired) electrons. The van der Waals surface area contributed by atoms with Gasteiger partial charge in [0, 0.05) is 49.1 Å². The van der Waals surface area contributed by atoms with E-state index in [0.717, 1.165) is 44.4 Å². The van der Waals surface area contributed by atoms with Gasteiger partial charge in [0.05, 0.1) is 5.60 Å². The van der Waals surface area contributed by atoms with Crippen LogP contribution in [0.1, 0.15) is 51.0 Å². The Kier molecular flexibility index (Phi) is 4.21. The van der Waals surface area contributed by atoms with Gasteiger partial charge in [-0.25, -0.2) is 0 Å². The molecule has 3 aliphatic rings. The van der Waals surface area contributed by atoms with Gasteiger partial charge < -0.3 is 19.3 Å². The van der Waals surface area contributed by atoms with Gasteiger partial charge in [-0.05, 0) is 64.0 Å². The minimum atomic E-state index is -0.632. The van der Waals surface area contributed by atoms with E-state index in [4.69, 9.17) is 9.72 Å². The maximum Gasteiger partial charge on any atom is 0.225 e. The molecule has 2 saturated carbocycles. The zero-order valence-electron chi connectivity index (χ0n) is 17.6. The quantitative estimate of drug-likeness (QED) is 0.864. The molecule has 5 rings (SSSR count). The minimum Gasteiger partial charge on any atom is -0.474 e. The molecule has 29 heavy (non-hydrogen) atoms. The smallest absolute Gasteiger partial charge is 0.225 e. The molecule has 1 spiro atoms. The van der Waals surface area contributed by atoms with E-state index in [2.05, 4.69) is 23.8 Å². The lowest BCUT2D eigenvalue weighted by Crippen LogP contribution is -2.63. The van der Waals surface area contributed by atoms with Crippen LogP contribution in [0, 0.1) is 18.3 Å². The maximum absolute atomic E-state index is 12.5. The highest BCUT2D eigenvalue weighted by Gasteiger charge is 2.51. The fraction of sp³-hybridized carbons (Fsp3) is 0.652. The first-order valence-electron chi connectivity index (χ1n) is 10.8. The molecule has 0 aromatic carbocycles. The summed E-state index contributed by atoms with van der Waals surface area (Å²) in [6, 6.07) is 4.08. The van der Waals surface area contributed by atoms with Gasteiger partial charge in [-0.15, -0.1) is 0 Å². The summed E-state index contributed by atoms with van der Waals surface area (Å²) >= 11 is 0. The highest BCUT2D eigenvalue weighted by Crippen LogP contribution is 2.47. The standard InChI is InChI=1S/C23H31N3O3/c1-15-12-25(3)20-18(15)4-5-19(24-20)29-17-6-8-23(9-7-17)13-26(14-23)21(27)16-10-22(2,28)11-16/h4-5,12,16-17,28H,6-11,13-14H2,1-3H3/t16-,22+. The zero-order chi connectivity index (χ0) is 20.4. The van der Waals surface area contributed by atoms with Crippen molar-refractivity contribution in [3.05, 3.63) is 23.9 Å². The molecule has 0 atom stereocenters. The van der Waals surface area contributed by atoms with Crippen molar-refractivity contribution in [2.24, 2.45) is 18.4 Å². The molecule has 0 unspecified atom stereocenters. The van der Waals surface area contributed by atoms with Crippen molar-refractivity contribution >= 4 is 16.9 Å². The van der Waals surface area contributed by atoms with E-state index in [1.807, 2.05) is 24.9 Å². The first-order valence-corrected chi connectivity index (χ1v) is 10.8. The second-order valence-corrected chi connectivity index (χ2v) is 10.1. The Bertz CT molecular complexity index is 940. The Morgan fingerprint density at radius 3 is 2.59 bits per heavy atom. The van der Waals surface area contributed by atoms with E-state index >= 15 is 0 Å². The number of hydrogen-bond acceptors (Lipinski definition) is 4. The van der Waals surface area contributed by atoms with Crippen LogP contribution in [0.15, 0.2) is 18.3 Å². The maximum atomic E-state index is 12.5. The van der Waals surface area contributed by atoms with Crippen LogP contribution in [0.3, 0.4) is 0 Å². The first-order chi connectivity index (χ1) is 13.7. The summed E-state index contributed by atoms with van der Waals surface area (Å²) in [5.41, 5.74) is 1.85. The molecule has 1 amide bonds. The number of pyridine rings is 1. The first kappa shape index (κ1) is 18.9. The number of hydrogen-bond donors (Lipinski definition) is 1. The molecule has 156 valence electrons. The van der Waals surface area contributed by atoms with Gasteiger partial charge in [0.1, 0.15) is 11.8 Å². The van der Waals surface area contributed by atoms with Crippen molar-refractivity contribution in [1.29, 1.82) is 0 Å². The third kappa shape index (κ3) is 3.31. The van der Waals surface area contributed by atoms with Crippen LogP contribution in [0.5, 0.6) is 5.88 Å². The third-order valence-corrected chi connectivity index (χ3v) is 7.36. The van der Waals surface area contributed by atoms with Crippen LogP contribution >= 0.6 is 0 Å². The molecule has 3 fully saturated rings. The second kappa shape index (κ2) is 6.46. The summed E-state index contributed by atoms with van der Waals surface area (Å²) < 4.78 is 8.27. The molecule has 2 aliphatic carbocycles. The topological polar surface area (TPSA) is 67.6 Å². The number of nitrogens with zero attached hydrogens (tertiary/aromatic N) is 3. The summed E-state index contributed by atoms with van der Waals surface area (Å²) in [6.07, 6.45) is 7.79. The van der Waals surface area contributed by atoms with Crippen LogP contribution in [0.2, 0.25) is 0 Å². The Balaban J connectivity index is 1.14. The van der Waals surface area contributed by atoms with Crippen LogP contribution < -0.4 is 4.74 Å². The Morgan fingerprint density at radius 1 is 1.24 bits per heavy atom. The molecule has 0 bridgehead atoms. The van der Waals surface area contributed by atoms with Gasteiger partial charge in [0.2, 0.25) is 11.8 Å². The molecule has 2 aromatic heterocycles. The third-order valence-electron chi connectivity index (χ3n) is 7.36. The van der Waals surface area contributed by atoms with E-state index < -0.39 is 5.60 Å². The highest BCUT2D eigenvalue weighted by molar-refractivity contribution is 5.81. The average Bonchev–Trinajstić information content (AvgIpc) is 2.91. The Labute approximate surface area is 171 Å². The lowest BCUT2D eigenvalue weighted by Gasteiger charge is -2.55. The van der Waals surface area contributed by atoms with Crippen molar-refractivity contribution in [3.63, 3.8) is 0 Å². The molecule has 2 aromatic rings. The van der Waals surface area contributed by atoms with Crippen LogP contribution in [-0.2, 0) is 11.8 Å². The molecular formula is C23H31N3O3. The van der Waals surface area contributed by atoms with Crippen molar-refractivity contribution in [2.45, 2.75) is 64.1 Å². The van der Waals surface area contributed by atoms with Crippen LogP contribution in [0.4, 0.5) is 0 Å². The predicted octanol–water partition coefficient (Wildman–Crippen LogP) is 3.19. The number of carbonyl (C=O) groups is 1. The number of aryl methyl sites for hydroxylation is 2. The largest absolute Gasteiger partial charge is 0.474 e. The molecule has 6 heteroatoms. The fourth-order valence-electron chi connectivity index (χ4n) is 5.66. The van der Waals surface area contributed by atoms with Gasteiger partial charge in [-0.1, -0.05) is 0 Å². The summed E-state index contributed by atoms with van der Waals surface area (Å²) in [4.78, 5) is 19.3. The van der Waals surface area contributed by atoms with Gasteiger partial charge in [0.25, 0.3) is 0 Å². The molecule has 6 nitrogen and oxygen atoms in total. The number of carbonyl (C=O) groups excluding carboxylic acids is 1. The number of aliphatic hydroxyl groups is 1. The molecule has 1 aliphatic heterocycles. The lowest BCUT2D eigenvalue weighted by atomic mass is 9.66. The summed E-state index contributed by atoms with van der Waals surface area (Å²) in [5.74, 6) is 0.988. The summed E-state index contributed by atoms with van der Waals surface area (Å²) in [5, 5.41) is 11.1. The van der Waals surface area contributed by atoms with Gasteiger partial charge >= 0.3 is 0 Å². The second-order valence-electron chi connectivity index (χ2n) is 10.1. The Morgan fingerprint density at radius 2 is 1.93 bits per heavy atom. The van der Waals surface area contributed by atoms with Gasteiger partial charge in [0.15, 0.2) is 0 Å². The van der Waals surface area contributed by atoms with E-state index in [1.54, 1.807) is 0 Å².